The molecule has 0 unspecified atom stereocenters. The van der Waals surface area contributed by atoms with Gasteiger partial charge in [0.2, 0.25) is 5.69 Å². The van der Waals surface area contributed by atoms with Crippen LogP contribution >= 0.6 is 0 Å². The van der Waals surface area contributed by atoms with E-state index in [-0.39, 0.29) is 23.7 Å². The summed E-state index contributed by atoms with van der Waals surface area (Å²) in [6, 6.07) is 10.7. The lowest BCUT2D eigenvalue weighted by Gasteiger charge is -2.13. The molecule has 0 radical (unpaired) electrons. The molecule has 0 aliphatic carbocycles. The van der Waals surface area contributed by atoms with Crippen LogP contribution in [0.15, 0.2) is 53.3 Å². The van der Waals surface area contributed by atoms with Crippen LogP contribution in [0.25, 0.3) is 5.69 Å². The van der Waals surface area contributed by atoms with Gasteiger partial charge in [-0.1, -0.05) is 0 Å². The van der Waals surface area contributed by atoms with Gasteiger partial charge in [-0.25, -0.2) is 9.18 Å². The highest BCUT2D eigenvalue weighted by atomic mass is 19.1. The van der Waals surface area contributed by atoms with E-state index in [0.29, 0.717) is 17.2 Å². The van der Waals surface area contributed by atoms with Crippen LogP contribution in [-0.2, 0) is 9.53 Å². The Kier molecular flexibility index (Phi) is 7.80. The van der Waals surface area contributed by atoms with Crippen molar-refractivity contribution < 1.29 is 32.9 Å². The van der Waals surface area contributed by atoms with Crippen molar-refractivity contribution in [2.24, 2.45) is 0 Å². The first kappa shape index (κ1) is 24.2. The largest absolute Gasteiger partial charge is 0.493 e. The minimum absolute atomic E-state index is 0.0510. The highest BCUT2D eigenvalue weighted by molar-refractivity contribution is 5.93. The van der Waals surface area contributed by atoms with E-state index in [4.69, 9.17) is 18.9 Å². The SMILES string of the molecule is CCOC(=O)c1nn(-c2ccc(F)cc2)c(=O)cc1OCC(=O)Nc1ccc(OC)c(OC)c1. The molecule has 0 saturated carbocycles. The van der Waals surface area contributed by atoms with Crippen molar-refractivity contribution in [2.75, 3.05) is 32.8 Å². The number of amides is 1. The molecule has 2 aromatic carbocycles. The molecule has 34 heavy (non-hydrogen) atoms. The van der Waals surface area contributed by atoms with E-state index in [1.807, 2.05) is 0 Å². The van der Waals surface area contributed by atoms with E-state index in [0.717, 1.165) is 22.9 Å². The van der Waals surface area contributed by atoms with Gasteiger partial charge < -0.3 is 24.3 Å². The van der Waals surface area contributed by atoms with Crippen molar-refractivity contribution in [3.8, 4) is 22.9 Å². The van der Waals surface area contributed by atoms with E-state index in [9.17, 15) is 18.8 Å². The predicted octanol–water partition coefficient (Wildman–Crippen LogP) is 2.58. The molecule has 3 aromatic rings. The van der Waals surface area contributed by atoms with E-state index >= 15 is 0 Å². The molecule has 0 spiro atoms. The maximum absolute atomic E-state index is 13.2. The predicted molar refractivity (Wildman–Crippen MR) is 119 cm³/mol. The maximum Gasteiger partial charge on any atom is 0.362 e. The summed E-state index contributed by atoms with van der Waals surface area (Å²) in [6.45, 7) is 1.13. The number of rotatable bonds is 9. The van der Waals surface area contributed by atoms with E-state index in [1.54, 1.807) is 25.1 Å². The number of carbonyl (C=O) groups excluding carboxylic acids is 2. The zero-order valence-corrected chi connectivity index (χ0v) is 18.7. The Balaban J connectivity index is 1.82. The lowest BCUT2D eigenvalue weighted by molar-refractivity contribution is -0.118. The Morgan fingerprint density at radius 2 is 1.71 bits per heavy atom. The third-order valence-corrected chi connectivity index (χ3v) is 4.46. The second kappa shape index (κ2) is 10.9. The summed E-state index contributed by atoms with van der Waals surface area (Å²) < 4.78 is 34.9. The van der Waals surface area contributed by atoms with Crippen LogP contribution in [0.3, 0.4) is 0 Å². The average molecular weight is 471 g/mol. The number of anilines is 1. The van der Waals surface area contributed by atoms with Crippen molar-refractivity contribution in [3.05, 3.63) is 70.4 Å². The van der Waals surface area contributed by atoms with Crippen molar-refractivity contribution in [1.82, 2.24) is 9.78 Å². The monoisotopic (exact) mass is 471 g/mol. The van der Waals surface area contributed by atoms with Crippen molar-refractivity contribution >= 4 is 17.6 Å². The van der Waals surface area contributed by atoms with Crippen LogP contribution < -0.4 is 25.1 Å². The number of halogens is 1. The highest BCUT2D eigenvalue weighted by Gasteiger charge is 2.21. The fourth-order valence-corrected chi connectivity index (χ4v) is 2.91. The number of methoxy groups -OCH3 is 2. The summed E-state index contributed by atoms with van der Waals surface area (Å²) in [5, 5.41) is 6.63. The molecule has 1 amide bonds. The lowest BCUT2D eigenvalue weighted by Crippen LogP contribution is -2.27. The van der Waals surface area contributed by atoms with E-state index in [1.165, 1.54) is 26.4 Å². The molecule has 11 heteroatoms. The number of nitrogens with zero attached hydrogens (tertiary/aromatic N) is 2. The molecule has 0 bridgehead atoms. The molecule has 0 atom stereocenters. The molecule has 1 N–H and O–H groups in total. The Labute approximate surface area is 193 Å². The zero-order chi connectivity index (χ0) is 24.7. The summed E-state index contributed by atoms with van der Waals surface area (Å²) in [7, 11) is 2.95. The minimum Gasteiger partial charge on any atom is -0.493 e. The molecule has 10 nitrogen and oxygen atoms in total. The average Bonchev–Trinajstić information content (AvgIpc) is 2.83. The highest BCUT2D eigenvalue weighted by Crippen LogP contribution is 2.29. The van der Waals surface area contributed by atoms with Crippen molar-refractivity contribution in [1.29, 1.82) is 0 Å². The molecule has 0 fully saturated rings. The van der Waals surface area contributed by atoms with Crippen LogP contribution in [0.4, 0.5) is 10.1 Å². The molecule has 3 rings (SSSR count). The summed E-state index contributed by atoms with van der Waals surface area (Å²) in [5.74, 6) is -1.24. The minimum atomic E-state index is -0.853. The normalized spacial score (nSPS) is 10.4. The third kappa shape index (κ3) is 5.68. The quantitative estimate of drug-likeness (QED) is 0.473. The fraction of sp³-hybridized carbons (Fsp3) is 0.217. The molecule has 0 aliphatic heterocycles. The number of hydrogen-bond acceptors (Lipinski definition) is 8. The first-order chi connectivity index (χ1) is 16.4. The molecular weight excluding hydrogens is 449 g/mol. The number of nitrogens with one attached hydrogen (secondary N) is 1. The molecule has 1 aromatic heterocycles. The third-order valence-electron chi connectivity index (χ3n) is 4.46. The topological polar surface area (TPSA) is 118 Å². The van der Waals surface area contributed by atoms with Gasteiger partial charge in [0.15, 0.2) is 23.9 Å². The van der Waals surface area contributed by atoms with Crippen LogP contribution in [0.5, 0.6) is 17.2 Å². The number of aromatic nitrogens is 2. The Morgan fingerprint density at radius 1 is 1.00 bits per heavy atom. The van der Waals surface area contributed by atoms with Crippen molar-refractivity contribution in [3.63, 3.8) is 0 Å². The first-order valence-corrected chi connectivity index (χ1v) is 10.1. The lowest BCUT2D eigenvalue weighted by atomic mass is 10.2. The van der Waals surface area contributed by atoms with Gasteiger partial charge in [-0.2, -0.15) is 9.78 Å². The van der Waals surface area contributed by atoms with Gasteiger partial charge in [-0.15, -0.1) is 0 Å². The number of esters is 1. The van der Waals surface area contributed by atoms with Crippen LogP contribution in [0.1, 0.15) is 17.4 Å². The summed E-state index contributed by atoms with van der Waals surface area (Å²) in [6.07, 6.45) is 0. The Bertz CT molecular complexity index is 1240. The van der Waals surface area contributed by atoms with E-state index < -0.39 is 29.9 Å². The first-order valence-electron chi connectivity index (χ1n) is 10.1. The number of benzene rings is 2. The van der Waals surface area contributed by atoms with Gasteiger partial charge >= 0.3 is 5.97 Å². The van der Waals surface area contributed by atoms with Crippen LogP contribution in [-0.4, -0.2) is 49.1 Å². The maximum atomic E-state index is 13.2. The van der Waals surface area contributed by atoms with Gasteiger partial charge in [0.1, 0.15) is 5.82 Å². The van der Waals surface area contributed by atoms with Gasteiger partial charge in [0.25, 0.3) is 11.5 Å². The van der Waals surface area contributed by atoms with Gasteiger partial charge in [0.05, 0.1) is 32.6 Å². The van der Waals surface area contributed by atoms with Gasteiger partial charge in [-0.3, -0.25) is 9.59 Å². The molecular formula is C23H22FN3O7. The summed E-state index contributed by atoms with van der Waals surface area (Å²) in [4.78, 5) is 37.4. The fourth-order valence-electron chi connectivity index (χ4n) is 2.91. The van der Waals surface area contributed by atoms with Crippen LogP contribution in [0, 0.1) is 5.82 Å². The number of ether oxygens (including phenoxy) is 4. The summed E-state index contributed by atoms with van der Waals surface area (Å²) in [5.41, 5.74) is -0.323. The standard InChI is InChI=1S/C23H22FN3O7/c1-4-33-23(30)22-19(12-21(29)27(26-22)16-8-5-14(24)6-9-16)34-13-20(28)25-15-7-10-17(31-2)18(11-15)32-3/h5-12H,4,13H2,1-3H3,(H,25,28). The van der Waals surface area contributed by atoms with Gasteiger partial charge in [0, 0.05) is 11.8 Å². The number of hydrogen-bond donors (Lipinski definition) is 1. The molecule has 1 heterocycles. The van der Waals surface area contributed by atoms with Gasteiger partial charge in [-0.05, 0) is 43.3 Å². The number of carbonyl (C=O) groups is 2. The Morgan fingerprint density at radius 3 is 2.35 bits per heavy atom. The second-order valence-corrected chi connectivity index (χ2v) is 6.71. The Hall–Kier alpha value is -4.41. The van der Waals surface area contributed by atoms with Crippen molar-refractivity contribution in [2.45, 2.75) is 6.92 Å². The van der Waals surface area contributed by atoms with E-state index in [2.05, 4.69) is 10.4 Å². The summed E-state index contributed by atoms with van der Waals surface area (Å²) >= 11 is 0. The zero-order valence-electron chi connectivity index (χ0n) is 18.7. The van der Waals surface area contributed by atoms with Crippen LogP contribution in [0.2, 0.25) is 0 Å². The second-order valence-electron chi connectivity index (χ2n) is 6.71. The molecule has 0 saturated heterocycles. The molecule has 0 aliphatic rings. The smallest absolute Gasteiger partial charge is 0.362 e. The molecule has 178 valence electrons.